The molecule has 3 aromatic carbocycles. The van der Waals surface area contributed by atoms with Gasteiger partial charge in [0.15, 0.2) is 0 Å². The molecule has 0 spiro atoms. The predicted octanol–water partition coefficient (Wildman–Crippen LogP) is 9.07. The van der Waals surface area contributed by atoms with Gasteiger partial charge in [-0.2, -0.15) is 10.5 Å². The lowest BCUT2D eigenvalue weighted by atomic mass is 9.93. The van der Waals surface area contributed by atoms with Gasteiger partial charge >= 0.3 is 0 Å². The van der Waals surface area contributed by atoms with Crippen molar-refractivity contribution in [2.24, 2.45) is 5.41 Å². The van der Waals surface area contributed by atoms with E-state index in [0.29, 0.717) is 5.57 Å². The van der Waals surface area contributed by atoms with Crippen LogP contribution in [0, 0.1) is 28.1 Å². The Labute approximate surface area is 218 Å². The van der Waals surface area contributed by atoms with Gasteiger partial charge in [-0.3, -0.25) is 0 Å². The summed E-state index contributed by atoms with van der Waals surface area (Å²) in [5, 5.41) is 18.8. The normalized spacial score (nSPS) is 13.4. The van der Waals surface area contributed by atoms with E-state index >= 15 is 0 Å². The van der Waals surface area contributed by atoms with Crippen LogP contribution in [0.25, 0.3) is 6.08 Å². The summed E-state index contributed by atoms with van der Waals surface area (Å²) in [4.78, 5) is 4.36. The van der Waals surface area contributed by atoms with Gasteiger partial charge in [0.05, 0.1) is 0 Å². The zero-order chi connectivity index (χ0) is 25.5. The molecule has 3 nitrogen and oxygen atoms in total. The Hall–Kier alpha value is -4.25. The van der Waals surface area contributed by atoms with Crippen molar-refractivity contribution in [2.45, 2.75) is 20.8 Å². The number of hydrogen-bond donors (Lipinski definition) is 0. The van der Waals surface area contributed by atoms with Crippen LogP contribution in [-0.2, 0) is 0 Å². The van der Waals surface area contributed by atoms with Crippen LogP contribution < -0.4 is 4.90 Å². The molecule has 36 heavy (non-hydrogen) atoms. The highest BCUT2D eigenvalue weighted by atomic mass is 32.2. The molecular formula is C32H27N3S. The molecule has 1 heterocycles. The van der Waals surface area contributed by atoms with Crippen molar-refractivity contribution in [1.82, 2.24) is 0 Å². The largest absolute Gasteiger partial charge is 0.311 e. The van der Waals surface area contributed by atoms with Gasteiger partial charge in [-0.1, -0.05) is 87.1 Å². The second-order valence-corrected chi connectivity index (χ2v) is 10.5. The number of nitriles is 2. The molecule has 0 saturated carbocycles. The van der Waals surface area contributed by atoms with E-state index in [1.54, 1.807) is 11.8 Å². The lowest BCUT2D eigenvalue weighted by molar-refractivity contribution is 0.533. The molecular weight excluding hydrogens is 458 g/mol. The average molecular weight is 486 g/mol. The van der Waals surface area contributed by atoms with Gasteiger partial charge in [0.2, 0.25) is 0 Å². The highest BCUT2D eigenvalue weighted by Gasteiger charge is 2.22. The standard InChI is InChI=1S/C32H27N3S/c1-32(2,3)31-21-25(26(22-33)23-34)20-30(36-31)19-16-24-14-17-29(18-15-24)35(27-10-6-4-7-11-27)28-12-8-5-9-13-28/h4-21H,1-3H3/b19-16+. The fraction of sp³-hybridized carbons (Fsp3) is 0.125. The summed E-state index contributed by atoms with van der Waals surface area (Å²) in [7, 11) is 0. The molecule has 0 bridgehead atoms. The van der Waals surface area contributed by atoms with Gasteiger partial charge in [0.25, 0.3) is 0 Å². The number of hydrogen-bond acceptors (Lipinski definition) is 4. The minimum Gasteiger partial charge on any atom is -0.311 e. The number of allylic oxidation sites excluding steroid dienone is 6. The van der Waals surface area contributed by atoms with E-state index < -0.39 is 0 Å². The molecule has 3 aromatic rings. The molecule has 1 aliphatic rings. The highest BCUT2D eigenvalue weighted by Crippen LogP contribution is 2.44. The lowest BCUT2D eigenvalue weighted by Gasteiger charge is -2.26. The molecule has 0 aromatic heterocycles. The van der Waals surface area contributed by atoms with E-state index in [0.717, 1.165) is 32.4 Å². The van der Waals surface area contributed by atoms with E-state index in [-0.39, 0.29) is 11.0 Å². The van der Waals surface area contributed by atoms with Gasteiger partial charge in [0, 0.05) is 27.5 Å². The molecule has 0 atom stereocenters. The lowest BCUT2D eigenvalue weighted by Crippen LogP contribution is -2.09. The number of benzene rings is 3. The maximum atomic E-state index is 9.38. The van der Waals surface area contributed by atoms with Crippen LogP contribution in [0.15, 0.2) is 124 Å². The van der Waals surface area contributed by atoms with Crippen LogP contribution >= 0.6 is 11.8 Å². The summed E-state index contributed by atoms with van der Waals surface area (Å²) in [6.45, 7) is 6.41. The Morgan fingerprint density at radius 1 is 0.722 bits per heavy atom. The van der Waals surface area contributed by atoms with Gasteiger partial charge in [-0.15, -0.1) is 0 Å². The SMILES string of the molecule is CC(C)(C)C1=CC(=C(C#N)C#N)C=C(/C=C/c2ccc(N(c3ccccc3)c3ccccc3)cc2)S1. The van der Waals surface area contributed by atoms with E-state index in [4.69, 9.17) is 0 Å². The quantitative estimate of drug-likeness (QED) is 0.338. The van der Waals surface area contributed by atoms with Crippen LogP contribution in [-0.4, -0.2) is 0 Å². The van der Waals surface area contributed by atoms with Gasteiger partial charge in [0.1, 0.15) is 17.7 Å². The van der Waals surface area contributed by atoms with Crippen molar-refractivity contribution in [3.63, 3.8) is 0 Å². The first kappa shape index (κ1) is 24.9. The number of anilines is 3. The first-order chi connectivity index (χ1) is 17.4. The van der Waals surface area contributed by atoms with Gasteiger partial charge in [-0.25, -0.2) is 0 Å². The first-order valence-electron chi connectivity index (χ1n) is 11.7. The molecule has 0 radical (unpaired) electrons. The fourth-order valence-electron chi connectivity index (χ4n) is 3.79. The summed E-state index contributed by atoms with van der Waals surface area (Å²) in [6, 6.07) is 33.2. The van der Waals surface area contributed by atoms with E-state index in [9.17, 15) is 10.5 Å². The smallest absolute Gasteiger partial charge is 0.136 e. The Balaban J connectivity index is 1.63. The number of para-hydroxylation sites is 2. The van der Waals surface area contributed by atoms with E-state index in [2.05, 4.69) is 86.4 Å². The van der Waals surface area contributed by atoms with E-state index in [1.807, 2.05) is 60.7 Å². The molecule has 0 saturated heterocycles. The zero-order valence-electron chi connectivity index (χ0n) is 20.6. The predicted molar refractivity (Wildman–Crippen MR) is 152 cm³/mol. The number of thioether (sulfide) groups is 1. The number of nitrogens with zero attached hydrogens (tertiary/aromatic N) is 3. The van der Waals surface area contributed by atoms with Crippen molar-refractivity contribution in [1.29, 1.82) is 10.5 Å². The van der Waals surface area contributed by atoms with E-state index in [1.165, 1.54) is 0 Å². The molecule has 0 fully saturated rings. The van der Waals surface area contributed by atoms with Crippen molar-refractivity contribution < 1.29 is 0 Å². The third-order valence-corrected chi connectivity index (χ3v) is 7.12. The van der Waals surface area contributed by atoms with Crippen LogP contribution in [0.2, 0.25) is 0 Å². The molecule has 0 N–H and O–H groups in total. The highest BCUT2D eigenvalue weighted by molar-refractivity contribution is 8.07. The van der Waals surface area contributed by atoms with Crippen molar-refractivity contribution >= 4 is 34.9 Å². The Kier molecular flexibility index (Phi) is 7.59. The fourth-order valence-corrected chi connectivity index (χ4v) is 4.85. The summed E-state index contributed by atoms with van der Waals surface area (Å²) in [5.74, 6) is 0. The van der Waals surface area contributed by atoms with Crippen molar-refractivity contribution in [3.05, 3.63) is 130 Å². The van der Waals surface area contributed by atoms with Gasteiger partial charge < -0.3 is 4.90 Å². The molecule has 0 amide bonds. The first-order valence-corrected chi connectivity index (χ1v) is 12.6. The topological polar surface area (TPSA) is 50.8 Å². The summed E-state index contributed by atoms with van der Waals surface area (Å²) in [5.41, 5.74) is 5.06. The van der Waals surface area contributed by atoms with Crippen LogP contribution in [0.1, 0.15) is 26.3 Å². The molecule has 176 valence electrons. The molecule has 4 heteroatoms. The minimum atomic E-state index is -0.0841. The second kappa shape index (κ2) is 11.0. The van der Waals surface area contributed by atoms with Gasteiger partial charge in [-0.05, 0) is 70.5 Å². The molecule has 0 aliphatic carbocycles. The Morgan fingerprint density at radius 3 is 1.75 bits per heavy atom. The summed E-state index contributed by atoms with van der Waals surface area (Å²) in [6.07, 6.45) is 8.00. The number of rotatable bonds is 5. The third kappa shape index (κ3) is 5.87. The summed E-state index contributed by atoms with van der Waals surface area (Å²) >= 11 is 1.68. The molecule has 0 unspecified atom stereocenters. The van der Waals surface area contributed by atoms with Crippen LogP contribution in [0.4, 0.5) is 17.1 Å². The molecule has 1 aliphatic heterocycles. The Bertz CT molecular complexity index is 1370. The van der Waals surface area contributed by atoms with Crippen LogP contribution in [0.3, 0.4) is 0 Å². The zero-order valence-corrected chi connectivity index (χ0v) is 21.5. The monoisotopic (exact) mass is 485 g/mol. The third-order valence-electron chi connectivity index (χ3n) is 5.68. The van der Waals surface area contributed by atoms with Crippen LogP contribution in [0.5, 0.6) is 0 Å². The summed E-state index contributed by atoms with van der Waals surface area (Å²) < 4.78 is 0. The molecule has 4 rings (SSSR count). The minimum absolute atomic E-state index is 0.0841. The second-order valence-electron chi connectivity index (χ2n) is 9.39. The average Bonchev–Trinajstić information content (AvgIpc) is 2.90. The van der Waals surface area contributed by atoms with Crippen molar-refractivity contribution in [2.75, 3.05) is 4.90 Å². The maximum absolute atomic E-state index is 9.38. The Morgan fingerprint density at radius 2 is 1.25 bits per heavy atom. The maximum Gasteiger partial charge on any atom is 0.136 e. The van der Waals surface area contributed by atoms with Crippen molar-refractivity contribution in [3.8, 4) is 12.1 Å².